The fraction of sp³-hybridized carbons (Fsp3) is 0.417. The number of primary amides is 1. The Bertz CT molecular complexity index is 652. The van der Waals surface area contributed by atoms with Crippen LogP contribution in [0.1, 0.15) is 24.8 Å². The van der Waals surface area contributed by atoms with Gasteiger partial charge >= 0.3 is 5.51 Å². The van der Waals surface area contributed by atoms with Crippen LogP contribution in [0, 0.1) is 5.41 Å². The maximum atomic E-state index is 12.4. The van der Waals surface area contributed by atoms with Crippen LogP contribution in [0.5, 0.6) is 0 Å². The van der Waals surface area contributed by atoms with Gasteiger partial charge in [0, 0.05) is 0 Å². The molecule has 2 rings (SSSR count). The van der Waals surface area contributed by atoms with E-state index in [0.29, 0.717) is 12.0 Å². The van der Waals surface area contributed by atoms with Gasteiger partial charge in [-0.2, -0.15) is 13.2 Å². The zero-order chi connectivity index (χ0) is 15.3. The molecule has 1 fully saturated rings. The highest BCUT2D eigenvalue weighted by molar-refractivity contribution is 7.92. The first kappa shape index (κ1) is 14.8. The summed E-state index contributed by atoms with van der Waals surface area (Å²) in [4.78, 5) is 10.4. The molecule has 0 aromatic heterocycles. The van der Waals surface area contributed by atoms with E-state index in [1.54, 1.807) is 6.92 Å². The average Bonchev–Trinajstić information content (AvgIpc) is 3.02. The highest BCUT2D eigenvalue weighted by Crippen LogP contribution is 2.58. The fourth-order valence-corrected chi connectivity index (χ4v) is 2.90. The zero-order valence-corrected chi connectivity index (χ0v) is 11.3. The predicted molar refractivity (Wildman–Crippen MR) is 64.3 cm³/mol. The minimum Gasteiger partial charge on any atom is -0.369 e. The number of carbonyl (C=O) groups excluding carboxylic acids is 1. The fourth-order valence-electron chi connectivity index (χ4n) is 2.14. The van der Waals surface area contributed by atoms with Crippen LogP contribution in [0.25, 0.3) is 0 Å². The van der Waals surface area contributed by atoms with Crippen molar-refractivity contribution in [2.75, 3.05) is 0 Å². The maximum absolute atomic E-state index is 12.4. The Morgan fingerprint density at radius 2 is 1.80 bits per heavy atom. The van der Waals surface area contributed by atoms with Crippen LogP contribution >= 0.6 is 0 Å². The maximum Gasteiger partial charge on any atom is 0.501 e. The molecule has 2 unspecified atom stereocenters. The molecule has 1 aliphatic rings. The van der Waals surface area contributed by atoms with Gasteiger partial charge in [-0.3, -0.25) is 4.79 Å². The van der Waals surface area contributed by atoms with Crippen LogP contribution < -0.4 is 5.73 Å². The van der Waals surface area contributed by atoms with E-state index in [1.807, 2.05) is 0 Å². The summed E-state index contributed by atoms with van der Waals surface area (Å²) >= 11 is 0. The number of halogens is 3. The Kier molecular flexibility index (Phi) is 3.12. The molecule has 0 bridgehead atoms. The smallest absolute Gasteiger partial charge is 0.369 e. The molecule has 0 radical (unpaired) electrons. The molecule has 1 aliphatic carbocycles. The summed E-state index contributed by atoms with van der Waals surface area (Å²) in [6.07, 6.45) is 0.508. The van der Waals surface area contributed by atoms with Crippen LogP contribution in [0.2, 0.25) is 0 Å². The second-order valence-corrected chi connectivity index (χ2v) is 7.00. The van der Waals surface area contributed by atoms with Crippen molar-refractivity contribution in [1.29, 1.82) is 0 Å². The van der Waals surface area contributed by atoms with E-state index < -0.39 is 31.6 Å². The van der Waals surface area contributed by atoms with Crippen LogP contribution in [-0.2, 0) is 14.6 Å². The second kappa shape index (κ2) is 4.21. The van der Waals surface area contributed by atoms with Gasteiger partial charge in [0.25, 0.3) is 9.84 Å². The lowest BCUT2D eigenvalue weighted by atomic mass is 10.0. The van der Waals surface area contributed by atoms with Gasteiger partial charge in [0.05, 0.1) is 10.3 Å². The van der Waals surface area contributed by atoms with Gasteiger partial charge in [-0.1, -0.05) is 19.1 Å². The molecule has 2 atom stereocenters. The third-order valence-electron chi connectivity index (χ3n) is 3.70. The largest absolute Gasteiger partial charge is 0.501 e. The molecule has 110 valence electrons. The highest BCUT2D eigenvalue weighted by Gasteiger charge is 2.55. The summed E-state index contributed by atoms with van der Waals surface area (Å²) in [5.41, 5.74) is -0.191. The molecule has 2 N–H and O–H groups in total. The molecule has 4 nitrogen and oxygen atoms in total. The lowest BCUT2D eigenvalue weighted by Gasteiger charge is -2.10. The molecule has 8 heteroatoms. The summed E-state index contributed by atoms with van der Waals surface area (Å²) in [7, 11) is -5.34. The molecule has 0 spiro atoms. The van der Waals surface area contributed by atoms with Gasteiger partial charge in [-0.05, 0) is 30.0 Å². The van der Waals surface area contributed by atoms with Crippen molar-refractivity contribution in [2.24, 2.45) is 11.1 Å². The summed E-state index contributed by atoms with van der Waals surface area (Å²) in [5.74, 6) is -0.655. The predicted octanol–water partition coefficient (Wildman–Crippen LogP) is 1.96. The van der Waals surface area contributed by atoms with Crippen molar-refractivity contribution in [3.63, 3.8) is 0 Å². The van der Waals surface area contributed by atoms with Gasteiger partial charge in [-0.15, -0.1) is 0 Å². The first-order chi connectivity index (χ1) is 9.00. The summed E-state index contributed by atoms with van der Waals surface area (Å²) in [6.45, 7) is 1.67. The van der Waals surface area contributed by atoms with Crippen LogP contribution in [0.4, 0.5) is 13.2 Å². The molecule has 0 saturated heterocycles. The van der Waals surface area contributed by atoms with Crippen LogP contribution in [-0.4, -0.2) is 19.8 Å². The number of benzene rings is 1. The Morgan fingerprint density at radius 3 is 2.15 bits per heavy atom. The average molecular weight is 307 g/mol. The number of amides is 1. The van der Waals surface area contributed by atoms with E-state index in [1.165, 1.54) is 12.1 Å². The summed E-state index contributed by atoms with van der Waals surface area (Å²) in [5, 5.41) is 0. The van der Waals surface area contributed by atoms with Gasteiger partial charge < -0.3 is 5.73 Å². The molecule has 1 saturated carbocycles. The molecule has 0 heterocycles. The number of sulfone groups is 1. The molecule has 20 heavy (non-hydrogen) atoms. The van der Waals surface area contributed by atoms with Crippen molar-refractivity contribution in [3.05, 3.63) is 29.8 Å². The van der Waals surface area contributed by atoms with Gasteiger partial charge in [-0.25, -0.2) is 8.42 Å². The van der Waals surface area contributed by atoms with Crippen molar-refractivity contribution in [3.8, 4) is 0 Å². The monoisotopic (exact) mass is 307 g/mol. The summed E-state index contributed by atoms with van der Waals surface area (Å²) in [6, 6.07) is 4.38. The Morgan fingerprint density at radius 1 is 1.30 bits per heavy atom. The standard InChI is InChI=1S/C12H12F3NO3S/c1-11(10(16)17)6-9(11)7-2-4-8(5-3-7)20(18,19)12(13,14)15/h2-5,9H,6H2,1H3,(H2,16,17). The van der Waals surface area contributed by atoms with E-state index in [-0.39, 0.29) is 5.92 Å². The molecule has 1 aromatic rings. The van der Waals surface area contributed by atoms with Crippen molar-refractivity contribution < 1.29 is 26.4 Å². The Balaban J connectivity index is 2.28. The Labute approximate surface area is 113 Å². The molecule has 1 amide bonds. The number of hydrogen-bond acceptors (Lipinski definition) is 3. The lowest BCUT2D eigenvalue weighted by molar-refractivity contribution is -0.122. The molecular weight excluding hydrogens is 295 g/mol. The van der Waals surface area contributed by atoms with Crippen molar-refractivity contribution in [1.82, 2.24) is 0 Å². The third kappa shape index (κ3) is 2.17. The van der Waals surface area contributed by atoms with Gasteiger partial charge in [0.2, 0.25) is 5.91 Å². The first-order valence-corrected chi connectivity index (χ1v) is 7.20. The second-order valence-electron chi connectivity index (χ2n) is 5.06. The molecule has 1 aromatic carbocycles. The number of carbonyl (C=O) groups is 1. The highest BCUT2D eigenvalue weighted by atomic mass is 32.2. The van der Waals surface area contributed by atoms with E-state index >= 15 is 0 Å². The van der Waals surface area contributed by atoms with E-state index in [4.69, 9.17) is 5.73 Å². The van der Waals surface area contributed by atoms with E-state index in [9.17, 15) is 26.4 Å². The van der Waals surface area contributed by atoms with Crippen LogP contribution in [0.15, 0.2) is 29.2 Å². The topological polar surface area (TPSA) is 77.2 Å². The third-order valence-corrected chi connectivity index (χ3v) is 5.20. The first-order valence-electron chi connectivity index (χ1n) is 5.71. The molecular formula is C12H12F3NO3S. The number of rotatable bonds is 3. The normalized spacial score (nSPS) is 26.3. The summed E-state index contributed by atoms with van der Waals surface area (Å²) < 4.78 is 59.5. The minimum absolute atomic E-state index is 0.178. The zero-order valence-electron chi connectivity index (χ0n) is 10.4. The minimum atomic E-state index is -5.34. The lowest BCUT2D eigenvalue weighted by Crippen LogP contribution is -2.23. The SMILES string of the molecule is CC1(C(N)=O)CC1c1ccc(S(=O)(=O)C(F)(F)F)cc1. The number of hydrogen-bond donors (Lipinski definition) is 1. The van der Waals surface area contributed by atoms with Crippen LogP contribution in [0.3, 0.4) is 0 Å². The number of alkyl halides is 3. The van der Waals surface area contributed by atoms with Crippen molar-refractivity contribution >= 4 is 15.7 Å². The molecule has 0 aliphatic heterocycles. The Hall–Kier alpha value is -1.57. The van der Waals surface area contributed by atoms with Gasteiger partial charge in [0.15, 0.2) is 0 Å². The van der Waals surface area contributed by atoms with Gasteiger partial charge in [0.1, 0.15) is 0 Å². The van der Waals surface area contributed by atoms with E-state index in [0.717, 1.165) is 12.1 Å². The quantitative estimate of drug-likeness (QED) is 0.927. The van der Waals surface area contributed by atoms with Crippen molar-refractivity contribution in [2.45, 2.75) is 29.7 Å². The number of nitrogens with two attached hydrogens (primary N) is 1. The van der Waals surface area contributed by atoms with E-state index in [2.05, 4.69) is 0 Å².